The summed E-state index contributed by atoms with van der Waals surface area (Å²) >= 11 is 0. The monoisotopic (exact) mass is 389 g/mol. The zero-order valence-electron chi connectivity index (χ0n) is 16.3. The number of carbonyl (C=O) groups excluding carboxylic acids is 3. The van der Waals surface area contributed by atoms with Crippen molar-refractivity contribution in [3.8, 4) is 5.75 Å². The molecule has 1 atom stereocenters. The fourth-order valence-corrected chi connectivity index (χ4v) is 3.68. The lowest BCUT2D eigenvalue weighted by Crippen LogP contribution is -2.49. The summed E-state index contributed by atoms with van der Waals surface area (Å²) in [4.78, 5) is 40.1. The Kier molecular flexibility index (Phi) is 6.38. The van der Waals surface area contributed by atoms with Crippen LogP contribution in [0.4, 0.5) is 10.5 Å². The van der Waals surface area contributed by atoms with Crippen molar-refractivity contribution in [2.45, 2.75) is 32.2 Å². The normalized spacial score (nSPS) is 20.2. The van der Waals surface area contributed by atoms with Gasteiger partial charge in [0.15, 0.2) is 0 Å². The van der Waals surface area contributed by atoms with Crippen LogP contribution in [0.5, 0.6) is 5.75 Å². The molecular weight excluding hydrogens is 362 g/mol. The molecule has 2 heterocycles. The van der Waals surface area contributed by atoms with E-state index in [1.165, 1.54) is 0 Å². The van der Waals surface area contributed by atoms with Gasteiger partial charge in [-0.25, -0.2) is 4.79 Å². The van der Waals surface area contributed by atoms with Crippen LogP contribution in [-0.2, 0) is 14.3 Å². The van der Waals surface area contributed by atoms with Gasteiger partial charge in [-0.1, -0.05) is 6.07 Å². The molecule has 3 amide bonds. The van der Waals surface area contributed by atoms with Crippen LogP contribution < -0.4 is 15.0 Å². The summed E-state index contributed by atoms with van der Waals surface area (Å²) in [6.45, 7) is 3.61. The van der Waals surface area contributed by atoms with Crippen LogP contribution in [0, 0.1) is 5.92 Å². The second kappa shape index (κ2) is 8.95. The quantitative estimate of drug-likeness (QED) is 0.776. The van der Waals surface area contributed by atoms with E-state index < -0.39 is 0 Å². The number of urea groups is 1. The summed E-state index contributed by atoms with van der Waals surface area (Å²) in [5.74, 6) is 0.334. The molecule has 2 fully saturated rings. The Labute approximate surface area is 164 Å². The highest BCUT2D eigenvalue weighted by atomic mass is 16.5. The van der Waals surface area contributed by atoms with Crippen molar-refractivity contribution in [1.29, 1.82) is 0 Å². The van der Waals surface area contributed by atoms with Gasteiger partial charge in [-0.15, -0.1) is 0 Å². The maximum absolute atomic E-state index is 12.6. The van der Waals surface area contributed by atoms with Crippen molar-refractivity contribution < 1.29 is 23.9 Å². The maximum Gasteiger partial charge on any atom is 0.317 e. The van der Waals surface area contributed by atoms with Gasteiger partial charge in [0.05, 0.1) is 25.7 Å². The number of piperidine rings is 1. The van der Waals surface area contributed by atoms with Crippen molar-refractivity contribution in [3.63, 3.8) is 0 Å². The number of methoxy groups -OCH3 is 1. The van der Waals surface area contributed by atoms with E-state index in [4.69, 9.17) is 9.47 Å². The van der Waals surface area contributed by atoms with Crippen LogP contribution in [0.2, 0.25) is 0 Å². The summed E-state index contributed by atoms with van der Waals surface area (Å²) in [5.41, 5.74) is 0.761. The number of benzene rings is 1. The van der Waals surface area contributed by atoms with Crippen molar-refractivity contribution in [2.24, 2.45) is 5.92 Å². The summed E-state index contributed by atoms with van der Waals surface area (Å²) in [7, 11) is 1.58. The van der Waals surface area contributed by atoms with Crippen LogP contribution in [0.1, 0.15) is 26.2 Å². The van der Waals surface area contributed by atoms with Crippen LogP contribution in [0.15, 0.2) is 24.3 Å². The topological polar surface area (TPSA) is 88.2 Å². The summed E-state index contributed by atoms with van der Waals surface area (Å²) < 4.78 is 10.3. The molecule has 0 spiro atoms. The predicted molar refractivity (Wildman–Crippen MR) is 103 cm³/mol. The van der Waals surface area contributed by atoms with Crippen molar-refractivity contribution >= 4 is 23.6 Å². The Balaban J connectivity index is 1.51. The fourth-order valence-electron chi connectivity index (χ4n) is 3.68. The molecule has 0 saturated carbocycles. The van der Waals surface area contributed by atoms with Gasteiger partial charge >= 0.3 is 12.0 Å². The van der Waals surface area contributed by atoms with Crippen LogP contribution in [-0.4, -0.2) is 62.2 Å². The second-order valence-electron chi connectivity index (χ2n) is 7.07. The van der Waals surface area contributed by atoms with E-state index in [-0.39, 0.29) is 36.3 Å². The minimum atomic E-state index is -0.242. The molecule has 3 rings (SSSR count). The van der Waals surface area contributed by atoms with Gasteiger partial charge in [-0.2, -0.15) is 0 Å². The summed E-state index contributed by atoms with van der Waals surface area (Å²) in [5, 5.41) is 2.95. The molecule has 2 aliphatic rings. The van der Waals surface area contributed by atoms with Crippen molar-refractivity contribution in [3.05, 3.63) is 24.3 Å². The first-order chi connectivity index (χ1) is 13.5. The SMILES string of the molecule is CCOC(=O)C1CCN(C(=O)N[C@@H]2CC(=O)N(c3cccc(OC)c3)C2)CC1. The maximum atomic E-state index is 12.6. The number of rotatable bonds is 5. The number of ether oxygens (including phenoxy) is 2. The Bertz CT molecular complexity index is 730. The predicted octanol–water partition coefficient (Wildman–Crippen LogP) is 1.79. The molecule has 0 aliphatic carbocycles. The zero-order chi connectivity index (χ0) is 20.1. The molecule has 1 aromatic rings. The number of esters is 1. The lowest BCUT2D eigenvalue weighted by atomic mass is 9.97. The lowest BCUT2D eigenvalue weighted by molar-refractivity contribution is -0.149. The third-order valence-corrected chi connectivity index (χ3v) is 5.22. The van der Waals surface area contributed by atoms with Gasteiger partial charge in [-0.3, -0.25) is 9.59 Å². The number of nitrogens with zero attached hydrogens (tertiary/aromatic N) is 2. The van der Waals surface area contributed by atoms with Crippen molar-refractivity contribution in [1.82, 2.24) is 10.2 Å². The highest BCUT2D eigenvalue weighted by molar-refractivity contribution is 5.97. The Morgan fingerprint density at radius 3 is 2.68 bits per heavy atom. The number of likely N-dealkylation sites (tertiary alicyclic amines) is 1. The molecule has 1 N–H and O–H groups in total. The van der Waals surface area contributed by atoms with Crippen LogP contribution in [0.3, 0.4) is 0 Å². The molecule has 0 bridgehead atoms. The van der Waals surface area contributed by atoms with Gasteiger partial charge in [0.1, 0.15) is 5.75 Å². The standard InChI is InChI=1S/C20H27N3O5/c1-3-28-19(25)14-7-9-22(10-8-14)20(26)21-15-11-18(24)23(13-15)16-5-4-6-17(12-16)27-2/h4-6,12,14-15H,3,7-11,13H2,1-2H3,(H,21,26)/t15-/m1/s1. The lowest BCUT2D eigenvalue weighted by Gasteiger charge is -2.31. The zero-order valence-corrected chi connectivity index (χ0v) is 16.3. The minimum Gasteiger partial charge on any atom is -0.497 e. The van der Waals surface area contributed by atoms with E-state index in [9.17, 15) is 14.4 Å². The number of hydrogen-bond acceptors (Lipinski definition) is 5. The van der Waals surface area contributed by atoms with E-state index in [1.54, 1.807) is 23.8 Å². The van der Waals surface area contributed by atoms with E-state index in [2.05, 4.69) is 5.32 Å². The Hall–Kier alpha value is -2.77. The first-order valence-corrected chi connectivity index (χ1v) is 9.68. The largest absolute Gasteiger partial charge is 0.497 e. The molecule has 0 aromatic heterocycles. The van der Waals surface area contributed by atoms with E-state index in [0.29, 0.717) is 44.8 Å². The highest BCUT2D eigenvalue weighted by Crippen LogP contribution is 2.26. The number of hydrogen-bond donors (Lipinski definition) is 1. The van der Waals surface area contributed by atoms with Crippen LogP contribution in [0.25, 0.3) is 0 Å². The summed E-state index contributed by atoms with van der Waals surface area (Å²) in [6.07, 6.45) is 1.47. The van der Waals surface area contributed by atoms with Gasteiger partial charge in [0, 0.05) is 37.8 Å². The average Bonchev–Trinajstić information content (AvgIpc) is 3.08. The molecule has 152 valence electrons. The minimum absolute atomic E-state index is 0.0282. The number of anilines is 1. The molecule has 2 aliphatic heterocycles. The third-order valence-electron chi connectivity index (χ3n) is 5.22. The highest BCUT2D eigenvalue weighted by Gasteiger charge is 2.34. The van der Waals surface area contributed by atoms with Gasteiger partial charge in [0.25, 0.3) is 0 Å². The Morgan fingerprint density at radius 2 is 2.00 bits per heavy atom. The van der Waals surface area contributed by atoms with E-state index >= 15 is 0 Å². The molecule has 0 unspecified atom stereocenters. The molecular formula is C20H27N3O5. The second-order valence-corrected chi connectivity index (χ2v) is 7.07. The molecule has 8 nitrogen and oxygen atoms in total. The number of amides is 3. The van der Waals surface area contributed by atoms with Gasteiger partial charge in [-0.05, 0) is 31.9 Å². The number of nitrogens with one attached hydrogen (secondary N) is 1. The van der Waals surface area contributed by atoms with Gasteiger partial charge < -0.3 is 24.6 Å². The van der Waals surface area contributed by atoms with E-state index in [0.717, 1.165) is 5.69 Å². The molecule has 0 radical (unpaired) electrons. The van der Waals surface area contributed by atoms with Crippen LogP contribution >= 0.6 is 0 Å². The molecule has 2 saturated heterocycles. The van der Waals surface area contributed by atoms with Crippen molar-refractivity contribution in [2.75, 3.05) is 38.3 Å². The summed E-state index contributed by atoms with van der Waals surface area (Å²) in [6, 6.07) is 6.89. The Morgan fingerprint density at radius 1 is 1.25 bits per heavy atom. The van der Waals surface area contributed by atoms with E-state index in [1.807, 2.05) is 24.3 Å². The molecule has 1 aromatic carbocycles. The third kappa shape index (κ3) is 4.55. The average molecular weight is 389 g/mol. The first kappa shape index (κ1) is 20.0. The smallest absolute Gasteiger partial charge is 0.317 e. The molecule has 28 heavy (non-hydrogen) atoms. The number of carbonyl (C=O) groups is 3. The molecule has 8 heteroatoms. The van der Waals surface area contributed by atoms with Gasteiger partial charge in [0.2, 0.25) is 5.91 Å². The first-order valence-electron chi connectivity index (χ1n) is 9.68. The fraction of sp³-hybridized carbons (Fsp3) is 0.550.